The van der Waals surface area contributed by atoms with Gasteiger partial charge in [-0.15, -0.1) is 0 Å². The maximum absolute atomic E-state index is 11.6. The van der Waals surface area contributed by atoms with Crippen molar-refractivity contribution in [2.75, 3.05) is 6.61 Å². The number of aryl methyl sites for hydroxylation is 1. The molecule has 0 bridgehead atoms. The lowest BCUT2D eigenvalue weighted by Gasteiger charge is -2.06. The minimum atomic E-state index is -0.173. The number of carbonyl (C=O) groups is 1. The van der Waals surface area contributed by atoms with Crippen molar-refractivity contribution < 1.29 is 9.53 Å². The van der Waals surface area contributed by atoms with Crippen LogP contribution in [0.3, 0.4) is 0 Å². The molecule has 0 spiro atoms. The van der Waals surface area contributed by atoms with Crippen molar-refractivity contribution in [3.63, 3.8) is 0 Å². The predicted octanol–water partition coefficient (Wildman–Crippen LogP) is 1.88. The summed E-state index contributed by atoms with van der Waals surface area (Å²) in [6.07, 6.45) is 1.83. The van der Waals surface area contributed by atoms with E-state index in [9.17, 15) is 4.79 Å². The maximum Gasteiger partial charge on any atom is 0.258 e. The van der Waals surface area contributed by atoms with Crippen molar-refractivity contribution in [1.29, 1.82) is 0 Å². The number of aromatic nitrogens is 2. The Kier molecular flexibility index (Phi) is 4.57. The van der Waals surface area contributed by atoms with Crippen molar-refractivity contribution in [3.8, 4) is 5.75 Å². The summed E-state index contributed by atoms with van der Waals surface area (Å²) in [5, 5.41) is 6.91. The number of nitrogens with one attached hydrogen (secondary N) is 1. The zero-order chi connectivity index (χ0) is 13.7. The fourth-order valence-electron chi connectivity index (χ4n) is 1.48. The van der Waals surface area contributed by atoms with Gasteiger partial charge >= 0.3 is 0 Å². The van der Waals surface area contributed by atoms with Gasteiger partial charge in [-0.05, 0) is 30.3 Å². The Labute approximate surface area is 119 Å². The molecule has 1 aromatic heterocycles. The first-order chi connectivity index (χ1) is 9.13. The first kappa shape index (κ1) is 13.6. The molecule has 0 aliphatic heterocycles. The van der Waals surface area contributed by atoms with E-state index in [4.69, 9.17) is 4.74 Å². The summed E-state index contributed by atoms with van der Waals surface area (Å²) in [4.78, 5) is 11.6. The highest BCUT2D eigenvalue weighted by atomic mass is 79.9. The molecule has 0 saturated heterocycles. The van der Waals surface area contributed by atoms with Gasteiger partial charge < -0.3 is 10.1 Å². The summed E-state index contributed by atoms with van der Waals surface area (Å²) in [6, 6.07) is 9.18. The summed E-state index contributed by atoms with van der Waals surface area (Å²) in [7, 11) is 1.84. The van der Waals surface area contributed by atoms with Gasteiger partial charge in [0.1, 0.15) is 5.75 Å². The highest BCUT2D eigenvalue weighted by Gasteiger charge is 2.04. The number of rotatable bonds is 5. The molecule has 6 heteroatoms. The molecular weight excluding hydrogens is 310 g/mol. The molecule has 0 atom stereocenters. The van der Waals surface area contributed by atoms with Crippen LogP contribution in [0.5, 0.6) is 5.75 Å². The average Bonchev–Trinajstić information content (AvgIpc) is 2.81. The van der Waals surface area contributed by atoms with Crippen molar-refractivity contribution >= 4 is 21.8 Å². The summed E-state index contributed by atoms with van der Waals surface area (Å²) in [5.74, 6) is 0.491. The molecule has 0 radical (unpaired) electrons. The third-order valence-corrected chi connectivity index (χ3v) is 2.95. The topological polar surface area (TPSA) is 56.2 Å². The summed E-state index contributed by atoms with van der Waals surface area (Å²) in [6.45, 7) is 0.401. The number of hydrogen-bond donors (Lipinski definition) is 1. The standard InChI is InChI=1S/C13H14BrN3O2/c1-17-7-6-11(16-17)8-15-13(18)9-19-12-4-2-10(14)3-5-12/h2-7H,8-9H2,1H3,(H,15,18). The van der Waals surface area contributed by atoms with Crippen molar-refractivity contribution in [2.24, 2.45) is 7.05 Å². The van der Waals surface area contributed by atoms with Crippen molar-refractivity contribution in [2.45, 2.75) is 6.54 Å². The van der Waals surface area contributed by atoms with Gasteiger partial charge in [0.15, 0.2) is 6.61 Å². The molecule has 0 unspecified atom stereocenters. The lowest BCUT2D eigenvalue weighted by molar-refractivity contribution is -0.123. The third kappa shape index (κ3) is 4.40. The quantitative estimate of drug-likeness (QED) is 0.914. The Balaban J connectivity index is 1.74. The Morgan fingerprint density at radius 1 is 1.37 bits per heavy atom. The number of benzene rings is 1. The predicted molar refractivity (Wildman–Crippen MR) is 74.7 cm³/mol. The van der Waals surface area contributed by atoms with Gasteiger partial charge in [0, 0.05) is 17.7 Å². The highest BCUT2D eigenvalue weighted by Crippen LogP contribution is 2.15. The maximum atomic E-state index is 11.6. The molecule has 0 aliphatic carbocycles. The molecule has 2 aromatic rings. The molecular formula is C13H14BrN3O2. The lowest BCUT2D eigenvalue weighted by Crippen LogP contribution is -2.28. The van der Waals surface area contributed by atoms with Gasteiger partial charge in [0.2, 0.25) is 0 Å². The second-order valence-electron chi connectivity index (χ2n) is 4.00. The van der Waals surface area contributed by atoms with Crippen LogP contribution in [0.15, 0.2) is 41.0 Å². The van der Waals surface area contributed by atoms with Gasteiger partial charge in [0.25, 0.3) is 5.91 Å². The summed E-state index contributed by atoms with van der Waals surface area (Å²) >= 11 is 3.33. The van der Waals surface area contributed by atoms with E-state index in [2.05, 4.69) is 26.3 Å². The zero-order valence-electron chi connectivity index (χ0n) is 10.5. The number of carbonyl (C=O) groups excluding carboxylic acids is 1. The van der Waals surface area contributed by atoms with Gasteiger partial charge in [-0.3, -0.25) is 9.48 Å². The van der Waals surface area contributed by atoms with E-state index in [0.717, 1.165) is 10.2 Å². The monoisotopic (exact) mass is 323 g/mol. The van der Waals surface area contributed by atoms with Crippen LogP contribution >= 0.6 is 15.9 Å². The van der Waals surface area contributed by atoms with Gasteiger partial charge in [-0.25, -0.2) is 0 Å². The first-order valence-electron chi connectivity index (χ1n) is 5.77. The molecule has 100 valence electrons. The number of ether oxygens (including phenoxy) is 1. The zero-order valence-corrected chi connectivity index (χ0v) is 12.1. The van der Waals surface area contributed by atoms with E-state index in [1.807, 2.05) is 31.4 Å². The van der Waals surface area contributed by atoms with E-state index < -0.39 is 0 Å². The minimum absolute atomic E-state index is 0.00549. The fourth-order valence-corrected chi connectivity index (χ4v) is 1.74. The van der Waals surface area contributed by atoms with E-state index in [-0.39, 0.29) is 12.5 Å². The van der Waals surface area contributed by atoms with Crippen molar-refractivity contribution in [1.82, 2.24) is 15.1 Å². The second kappa shape index (κ2) is 6.38. The van der Waals surface area contributed by atoms with Crippen LogP contribution in [0, 0.1) is 0 Å². The lowest BCUT2D eigenvalue weighted by atomic mass is 10.3. The molecule has 1 heterocycles. The summed E-state index contributed by atoms with van der Waals surface area (Å²) in [5.41, 5.74) is 0.819. The van der Waals surface area contributed by atoms with Crippen LogP contribution in [0.2, 0.25) is 0 Å². The molecule has 0 fully saturated rings. The molecule has 2 rings (SSSR count). The van der Waals surface area contributed by atoms with Crippen LogP contribution in [-0.2, 0) is 18.4 Å². The van der Waals surface area contributed by atoms with Gasteiger partial charge in [0.05, 0.1) is 12.2 Å². The number of amides is 1. The van der Waals surface area contributed by atoms with Crippen LogP contribution in [0.1, 0.15) is 5.69 Å². The molecule has 0 aliphatic rings. The third-order valence-electron chi connectivity index (χ3n) is 2.42. The minimum Gasteiger partial charge on any atom is -0.484 e. The van der Waals surface area contributed by atoms with Crippen LogP contribution in [0.4, 0.5) is 0 Å². The molecule has 1 aromatic carbocycles. The van der Waals surface area contributed by atoms with Gasteiger partial charge in [-0.2, -0.15) is 5.10 Å². The molecule has 1 amide bonds. The van der Waals surface area contributed by atoms with Crippen LogP contribution in [0.25, 0.3) is 0 Å². The molecule has 5 nitrogen and oxygen atoms in total. The van der Waals surface area contributed by atoms with E-state index in [1.54, 1.807) is 16.8 Å². The van der Waals surface area contributed by atoms with Crippen molar-refractivity contribution in [3.05, 3.63) is 46.7 Å². The smallest absolute Gasteiger partial charge is 0.258 e. The Hall–Kier alpha value is -1.82. The van der Waals surface area contributed by atoms with Crippen LogP contribution in [-0.4, -0.2) is 22.3 Å². The fraction of sp³-hybridized carbons (Fsp3) is 0.231. The van der Waals surface area contributed by atoms with Gasteiger partial charge in [-0.1, -0.05) is 15.9 Å². The average molecular weight is 324 g/mol. The molecule has 19 heavy (non-hydrogen) atoms. The number of nitrogens with zero attached hydrogens (tertiary/aromatic N) is 2. The largest absolute Gasteiger partial charge is 0.484 e. The first-order valence-corrected chi connectivity index (χ1v) is 6.56. The summed E-state index contributed by atoms with van der Waals surface area (Å²) < 4.78 is 8.02. The van der Waals surface area contributed by atoms with Crippen LogP contribution < -0.4 is 10.1 Å². The highest BCUT2D eigenvalue weighted by molar-refractivity contribution is 9.10. The number of halogens is 1. The van der Waals surface area contributed by atoms with E-state index in [0.29, 0.717) is 12.3 Å². The second-order valence-corrected chi connectivity index (χ2v) is 4.92. The Bertz CT molecular complexity index is 551. The SMILES string of the molecule is Cn1ccc(CNC(=O)COc2ccc(Br)cc2)n1. The van der Waals surface area contributed by atoms with E-state index in [1.165, 1.54) is 0 Å². The van der Waals surface area contributed by atoms with E-state index >= 15 is 0 Å². The Morgan fingerprint density at radius 3 is 2.74 bits per heavy atom. The normalized spacial score (nSPS) is 10.2. The Morgan fingerprint density at radius 2 is 2.11 bits per heavy atom. The molecule has 0 saturated carbocycles. The number of hydrogen-bond acceptors (Lipinski definition) is 3. The molecule has 1 N–H and O–H groups in total.